The van der Waals surface area contributed by atoms with Gasteiger partial charge >= 0.3 is 0 Å². The van der Waals surface area contributed by atoms with Gasteiger partial charge in [0.05, 0.1) is 18.3 Å². The molecular weight excluding hydrogens is 176 g/mol. The van der Waals surface area contributed by atoms with E-state index >= 15 is 0 Å². The lowest BCUT2D eigenvalue weighted by molar-refractivity contribution is -0.119. The Bertz CT molecular complexity index is 187. The highest BCUT2D eigenvalue weighted by molar-refractivity contribution is 4.83. The first kappa shape index (κ1) is 10.4. The molecule has 0 heterocycles. The molecule has 0 aliphatic heterocycles. The minimum atomic E-state index is -0.0834. The summed E-state index contributed by atoms with van der Waals surface area (Å²) in [7, 11) is 0. The van der Waals surface area contributed by atoms with Gasteiger partial charge in [-0.05, 0) is 43.9 Å². The summed E-state index contributed by atoms with van der Waals surface area (Å²) in [4.78, 5) is 0. The molecule has 82 valence electrons. The molecule has 2 saturated carbocycles. The molecule has 0 radical (unpaired) electrons. The molecule has 0 bridgehead atoms. The van der Waals surface area contributed by atoms with E-state index in [1.54, 1.807) is 0 Å². The molecule has 2 fully saturated rings. The maximum atomic E-state index is 9.16. The van der Waals surface area contributed by atoms with E-state index in [0.717, 1.165) is 24.7 Å². The van der Waals surface area contributed by atoms with Gasteiger partial charge in [0.2, 0.25) is 0 Å². The van der Waals surface area contributed by atoms with Crippen LogP contribution in [0.4, 0.5) is 0 Å². The molecule has 2 heteroatoms. The zero-order chi connectivity index (χ0) is 10.1. The monoisotopic (exact) mass is 198 g/mol. The lowest BCUT2D eigenvalue weighted by Crippen LogP contribution is -2.39. The van der Waals surface area contributed by atoms with Crippen molar-refractivity contribution < 1.29 is 9.84 Å². The smallest absolute Gasteiger partial charge is 0.0628 e. The van der Waals surface area contributed by atoms with Crippen molar-refractivity contribution in [1.82, 2.24) is 0 Å². The second kappa shape index (κ2) is 4.19. The average Bonchev–Trinajstić information content (AvgIpc) is 2.09. The van der Waals surface area contributed by atoms with Crippen LogP contribution < -0.4 is 0 Å². The largest absolute Gasteiger partial charge is 0.393 e. The zero-order valence-corrected chi connectivity index (χ0v) is 9.28. The van der Waals surface area contributed by atoms with Crippen LogP contribution in [-0.2, 0) is 4.74 Å². The van der Waals surface area contributed by atoms with Crippen molar-refractivity contribution in [2.45, 2.75) is 64.3 Å². The van der Waals surface area contributed by atoms with Crippen LogP contribution in [0.15, 0.2) is 0 Å². The molecule has 0 aromatic rings. The third kappa shape index (κ3) is 2.29. The van der Waals surface area contributed by atoms with Crippen molar-refractivity contribution in [3.63, 3.8) is 0 Å². The Morgan fingerprint density at radius 3 is 2.21 bits per heavy atom. The quantitative estimate of drug-likeness (QED) is 0.738. The molecule has 3 unspecified atom stereocenters. The van der Waals surface area contributed by atoms with Gasteiger partial charge < -0.3 is 9.84 Å². The van der Waals surface area contributed by atoms with Gasteiger partial charge in [0.15, 0.2) is 0 Å². The van der Waals surface area contributed by atoms with E-state index in [4.69, 9.17) is 9.84 Å². The highest BCUT2D eigenvalue weighted by Crippen LogP contribution is 2.34. The van der Waals surface area contributed by atoms with Crippen molar-refractivity contribution >= 4 is 0 Å². The SMILES string of the molecule is CC1CCC(OC2CC(O)C2)CC1C. The van der Waals surface area contributed by atoms with Crippen LogP contribution in [0, 0.1) is 11.8 Å². The van der Waals surface area contributed by atoms with Crippen LogP contribution >= 0.6 is 0 Å². The Hall–Kier alpha value is -0.0800. The molecule has 2 rings (SSSR count). The average molecular weight is 198 g/mol. The first-order chi connectivity index (χ1) is 6.65. The van der Waals surface area contributed by atoms with E-state index in [1.165, 1.54) is 19.3 Å². The van der Waals surface area contributed by atoms with E-state index in [1.807, 2.05) is 0 Å². The van der Waals surface area contributed by atoms with Crippen LogP contribution in [0.25, 0.3) is 0 Å². The molecule has 0 saturated heterocycles. The van der Waals surface area contributed by atoms with Crippen LogP contribution in [0.5, 0.6) is 0 Å². The van der Waals surface area contributed by atoms with Crippen LogP contribution in [0.2, 0.25) is 0 Å². The molecule has 0 spiro atoms. The highest BCUT2D eigenvalue weighted by Gasteiger charge is 2.32. The van der Waals surface area contributed by atoms with Crippen molar-refractivity contribution in [2.24, 2.45) is 11.8 Å². The lowest BCUT2D eigenvalue weighted by Gasteiger charge is -2.38. The minimum Gasteiger partial charge on any atom is -0.393 e. The first-order valence-electron chi connectivity index (χ1n) is 5.98. The highest BCUT2D eigenvalue weighted by atomic mass is 16.5. The minimum absolute atomic E-state index is 0.0834. The summed E-state index contributed by atoms with van der Waals surface area (Å²) in [5.74, 6) is 1.67. The Kier molecular flexibility index (Phi) is 3.13. The Balaban J connectivity index is 1.71. The Morgan fingerprint density at radius 1 is 0.929 bits per heavy atom. The molecule has 14 heavy (non-hydrogen) atoms. The molecule has 2 nitrogen and oxygen atoms in total. The molecule has 0 aromatic heterocycles. The van der Waals surface area contributed by atoms with Crippen molar-refractivity contribution in [3.8, 4) is 0 Å². The van der Waals surface area contributed by atoms with Crippen molar-refractivity contribution in [1.29, 1.82) is 0 Å². The third-order valence-electron chi connectivity index (χ3n) is 4.00. The number of hydrogen-bond acceptors (Lipinski definition) is 2. The van der Waals surface area contributed by atoms with Crippen LogP contribution in [-0.4, -0.2) is 23.4 Å². The summed E-state index contributed by atoms with van der Waals surface area (Å²) in [6.45, 7) is 4.67. The van der Waals surface area contributed by atoms with Crippen LogP contribution in [0.1, 0.15) is 46.0 Å². The summed E-state index contributed by atoms with van der Waals surface area (Å²) in [5.41, 5.74) is 0. The summed E-state index contributed by atoms with van der Waals surface area (Å²) in [6, 6.07) is 0. The van der Waals surface area contributed by atoms with E-state index in [0.29, 0.717) is 12.2 Å². The summed E-state index contributed by atoms with van der Waals surface area (Å²) < 4.78 is 5.96. The molecule has 0 aromatic carbocycles. The maximum absolute atomic E-state index is 9.16. The summed E-state index contributed by atoms with van der Waals surface area (Å²) in [5, 5.41) is 9.16. The van der Waals surface area contributed by atoms with Crippen molar-refractivity contribution in [2.75, 3.05) is 0 Å². The maximum Gasteiger partial charge on any atom is 0.0628 e. The van der Waals surface area contributed by atoms with Crippen LogP contribution in [0.3, 0.4) is 0 Å². The topological polar surface area (TPSA) is 29.5 Å². The van der Waals surface area contributed by atoms with Gasteiger partial charge in [0.25, 0.3) is 0 Å². The predicted molar refractivity (Wildman–Crippen MR) is 56.1 cm³/mol. The molecule has 1 N–H and O–H groups in total. The zero-order valence-electron chi connectivity index (χ0n) is 9.28. The standard InChI is InChI=1S/C12H22O2/c1-8-3-4-11(5-9(8)2)14-12-6-10(13)7-12/h8-13H,3-7H2,1-2H3. The second-order valence-corrected chi connectivity index (χ2v) is 5.27. The van der Waals surface area contributed by atoms with Gasteiger partial charge in [-0.3, -0.25) is 0 Å². The second-order valence-electron chi connectivity index (χ2n) is 5.27. The van der Waals surface area contributed by atoms with E-state index in [2.05, 4.69) is 13.8 Å². The third-order valence-corrected chi connectivity index (χ3v) is 4.00. The molecular formula is C12H22O2. The predicted octanol–water partition coefficient (Wildman–Crippen LogP) is 2.35. The van der Waals surface area contributed by atoms with Gasteiger partial charge in [-0.15, -0.1) is 0 Å². The van der Waals surface area contributed by atoms with Gasteiger partial charge in [-0.1, -0.05) is 13.8 Å². The number of rotatable bonds is 2. The van der Waals surface area contributed by atoms with Crippen molar-refractivity contribution in [3.05, 3.63) is 0 Å². The number of aliphatic hydroxyl groups is 1. The Morgan fingerprint density at radius 2 is 1.64 bits per heavy atom. The molecule has 2 aliphatic carbocycles. The fraction of sp³-hybridized carbons (Fsp3) is 1.00. The molecule has 3 atom stereocenters. The fourth-order valence-corrected chi connectivity index (χ4v) is 2.54. The lowest BCUT2D eigenvalue weighted by atomic mass is 9.80. The summed E-state index contributed by atoms with van der Waals surface area (Å²) >= 11 is 0. The fourth-order valence-electron chi connectivity index (χ4n) is 2.54. The normalized spacial score (nSPS) is 48.6. The van der Waals surface area contributed by atoms with Gasteiger partial charge in [0, 0.05) is 0 Å². The van der Waals surface area contributed by atoms with E-state index in [9.17, 15) is 0 Å². The molecule has 0 amide bonds. The van der Waals surface area contributed by atoms with Gasteiger partial charge in [-0.2, -0.15) is 0 Å². The number of hydrogen-bond donors (Lipinski definition) is 1. The van der Waals surface area contributed by atoms with Gasteiger partial charge in [0.1, 0.15) is 0 Å². The Labute approximate surface area is 86.6 Å². The van der Waals surface area contributed by atoms with E-state index in [-0.39, 0.29) is 6.10 Å². The number of aliphatic hydroxyl groups excluding tert-OH is 1. The first-order valence-corrected chi connectivity index (χ1v) is 5.98. The number of ether oxygens (including phenoxy) is 1. The molecule has 2 aliphatic rings. The van der Waals surface area contributed by atoms with Gasteiger partial charge in [-0.25, -0.2) is 0 Å². The van der Waals surface area contributed by atoms with E-state index < -0.39 is 0 Å². The summed E-state index contributed by atoms with van der Waals surface area (Å²) in [6.07, 6.45) is 6.21.